The molecule has 152 valence electrons. The standard InChI is InChI=1S/C19H24N.F6P/c1-5-6-10-16-14(2)20(3,4)18-13-12-15-9-7-8-11-17(15)19(16)18;1-7(2,3,4,5)6/h7-9,11-13H,5-6,10H2,1-4H3;/q+1;-1. The van der Waals surface area contributed by atoms with E-state index in [4.69, 9.17) is 0 Å². The van der Waals surface area contributed by atoms with Crippen molar-refractivity contribution in [1.29, 1.82) is 0 Å². The number of hydrogen-bond donors (Lipinski definition) is 0. The van der Waals surface area contributed by atoms with Crippen molar-refractivity contribution in [3.8, 4) is 0 Å². The second-order valence-corrected chi connectivity index (χ2v) is 9.18. The average Bonchev–Trinajstić information content (AvgIpc) is 2.70. The Hall–Kier alpha value is -1.59. The third-order valence-electron chi connectivity index (χ3n) is 4.87. The first-order valence-electron chi connectivity index (χ1n) is 8.65. The van der Waals surface area contributed by atoms with Crippen LogP contribution in [0.5, 0.6) is 0 Å². The molecule has 0 radical (unpaired) electrons. The van der Waals surface area contributed by atoms with Gasteiger partial charge in [-0.2, -0.15) is 0 Å². The molecule has 1 heterocycles. The van der Waals surface area contributed by atoms with Crippen LogP contribution < -0.4 is 4.48 Å². The maximum atomic E-state index is 9.87. The maximum absolute atomic E-state index is 10.7. The summed E-state index contributed by atoms with van der Waals surface area (Å²) in [4.78, 5) is 0. The minimum absolute atomic E-state index is 0.902. The Morgan fingerprint density at radius 3 is 2.00 bits per heavy atom. The Bertz CT molecular complexity index is 886. The van der Waals surface area contributed by atoms with Gasteiger partial charge in [-0.3, -0.25) is 4.48 Å². The van der Waals surface area contributed by atoms with Crippen molar-refractivity contribution in [2.45, 2.75) is 33.1 Å². The molecule has 2 aromatic rings. The summed E-state index contributed by atoms with van der Waals surface area (Å²) < 4.78 is 60.1. The van der Waals surface area contributed by atoms with Gasteiger partial charge in [-0.1, -0.05) is 37.6 Å². The van der Waals surface area contributed by atoms with Gasteiger partial charge >= 0.3 is 33.0 Å². The van der Waals surface area contributed by atoms with E-state index in [1.54, 1.807) is 5.57 Å². The van der Waals surface area contributed by atoms with Gasteiger partial charge in [-0.05, 0) is 29.7 Å². The molecule has 0 aliphatic carbocycles. The third kappa shape index (κ3) is 5.69. The van der Waals surface area contributed by atoms with Gasteiger partial charge in [-0.15, -0.1) is 0 Å². The zero-order valence-electron chi connectivity index (χ0n) is 15.7. The van der Waals surface area contributed by atoms with Crippen molar-refractivity contribution < 1.29 is 25.2 Å². The fourth-order valence-corrected chi connectivity index (χ4v) is 3.40. The van der Waals surface area contributed by atoms with Crippen LogP contribution in [0.2, 0.25) is 0 Å². The Morgan fingerprint density at radius 1 is 0.889 bits per heavy atom. The number of quaternary nitrogens is 1. The van der Waals surface area contributed by atoms with E-state index < -0.39 is 7.81 Å². The Kier molecular flexibility index (Phi) is 4.99. The summed E-state index contributed by atoms with van der Waals surface area (Å²) in [6.45, 7) is 4.58. The fourth-order valence-electron chi connectivity index (χ4n) is 3.40. The quantitative estimate of drug-likeness (QED) is 0.269. The number of unbranched alkanes of at least 4 members (excludes halogenated alkanes) is 1. The van der Waals surface area contributed by atoms with Gasteiger partial charge in [0.15, 0.2) is 0 Å². The van der Waals surface area contributed by atoms with Crippen molar-refractivity contribution in [2.75, 3.05) is 14.1 Å². The molecule has 0 N–H and O–H groups in total. The van der Waals surface area contributed by atoms with Gasteiger partial charge in [0.25, 0.3) is 0 Å². The summed E-state index contributed by atoms with van der Waals surface area (Å²) in [6, 6.07) is 13.4. The summed E-state index contributed by atoms with van der Waals surface area (Å²) in [5, 5.41) is 2.77. The first-order chi connectivity index (χ1) is 12.0. The van der Waals surface area contributed by atoms with Gasteiger partial charge in [0.05, 0.1) is 19.7 Å². The number of benzene rings is 2. The van der Waals surface area contributed by atoms with Crippen LogP contribution in [-0.2, 0) is 0 Å². The summed E-state index contributed by atoms with van der Waals surface area (Å²) in [6.07, 6.45) is 3.73. The molecule has 27 heavy (non-hydrogen) atoms. The molecule has 0 saturated carbocycles. The van der Waals surface area contributed by atoms with Crippen LogP contribution in [-0.4, -0.2) is 14.1 Å². The Morgan fingerprint density at radius 2 is 1.44 bits per heavy atom. The molecule has 0 unspecified atom stereocenters. The molecule has 1 nitrogen and oxygen atoms in total. The number of rotatable bonds is 3. The monoisotopic (exact) mass is 411 g/mol. The van der Waals surface area contributed by atoms with Crippen LogP contribution in [0.4, 0.5) is 30.9 Å². The summed E-state index contributed by atoms with van der Waals surface area (Å²) >= 11 is 0. The third-order valence-corrected chi connectivity index (χ3v) is 4.87. The first-order valence-corrected chi connectivity index (χ1v) is 10.7. The number of fused-ring (bicyclic) bond motifs is 3. The van der Waals surface area contributed by atoms with Crippen LogP contribution in [0, 0.1) is 0 Å². The van der Waals surface area contributed by atoms with E-state index >= 15 is 0 Å². The zero-order chi connectivity index (χ0) is 20.7. The number of halogens is 6. The van der Waals surface area contributed by atoms with Crippen LogP contribution in [0.1, 0.15) is 38.7 Å². The van der Waals surface area contributed by atoms with Crippen LogP contribution in [0.3, 0.4) is 0 Å². The molecule has 0 aromatic heterocycles. The van der Waals surface area contributed by atoms with Crippen LogP contribution in [0.15, 0.2) is 42.1 Å². The van der Waals surface area contributed by atoms with E-state index in [0.717, 1.165) is 4.48 Å². The first kappa shape index (κ1) is 21.7. The van der Waals surface area contributed by atoms with Gasteiger partial charge < -0.3 is 0 Å². The molecule has 1 aliphatic rings. The second kappa shape index (κ2) is 6.21. The number of nitrogens with zero attached hydrogens (tertiary/aromatic N) is 1. The van der Waals surface area contributed by atoms with E-state index in [9.17, 15) is 25.2 Å². The zero-order valence-corrected chi connectivity index (χ0v) is 16.6. The van der Waals surface area contributed by atoms with Crippen molar-refractivity contribution in [1.82, 2.24) is 4.48 Å². The van der Waals surface area contributed by atoms with E-state index in [1.165, 1.54) is 47.0 Å². The normalized spacial score (nSPS) is 18.4. The van der Waals surface area contributed by atoms with E-state index in [0.29, 0.717) is 0 Å². The van der Waals surface area contributed by atoms with E-state index in [-0.39, 0.29) is 0 Å². The van der Waals surface area contributed by atoms with Crippen molar-refractivity contribution in [3.05, 3.63) is 47.7 Å². The van der Waals surface area contributed by atoms with E-state index in [2.05, 4.69) is 64.3 Å². The molecule has 3 rings (SSSR count). The molecule has 1 aliphatic heterocycles. The van der Waals surface area contributed by atoms with Crippen molar-refractivity contribution in [2.24, 2.45) is 0 Å². The molecular weight excluding hydrogens is 387 g/mol. The predicted octanol–water partition coefficient (Wildman–Crippen LogP) is 8.72. The topological polar surface area (TPSA) is 0 Å². The average molecular weight is 411 g/mol. The van der Waals surface area contributed by atoms with Gasteiger partial charge in [0, 0.05) is 18.6 Å². The SMILES string of the molecule is CCCCC1=C(C)[N+](C)(C)c2ccc3ccccc3c21.F[P-](F)(F)(F)(F)F. The van der Waals surface area contributed by atoms with Gasteiger partial charge in [0.2, 0.25) is 0 Å². The van der Waals surface area contributed by atoms with Crippen molar-refractivity contribution in [3.63, 3.8) is 0 Å². The molecule has 0 bridgehead atoms. The molecule has 8 heteroatoms. The van der Waals surface area contributed by atoms with Crippen LogP contribution in [0.25, 0.3) is 16.3 Å². The minimum atomic E-state index is -10.7. The Labute approximate surface area is 155 Å². The number of hydrogen-bond acceptors (Lipinski definition) is 0. The van der Waals surface area contributed by atoms with Crippen molar-refractivity contribution >= 4 is 29.8 Å². The Balaban J connectivity index is 0.000000321. The summed E-state index contributed by atoms with van der Waals surface area (Å²) in [7, 11) is -6.04. The fraction of sp³-hybridized carbons (Fsp3) is 0.368. The molecular formula is C19H24F6NP. The van der Waals surface area contributed by atoms with Gasteiger partial charge in [0.1, 0.15) is 11.4 Å². The molecule has 0 amide bonds. The molecule has 2 aromatic carbocycles. The predicted molar refractivity (Wildman–Crippen MR) is 103 cm³/mol. The molecule has 0 atom stereocenters. The van der Waals surface area contributed by atoms with Crippen LogP contribution >= 0.6 is 7.81 Å². The summed E-state index contributed by atoms with van der Waals surface area (Å²) in [5.74, 6) is 0. The summed E-state index contributed by atoms with van der Waals surface area (Å²) in [5.41, 5.74) is 6.03. The number of allylic oxidation sites excluding steroid dienone is 2. The molecule has 0 fully saturated rings. The molecule has 0 saturated heterocycles. The molecule has 0 spiro atoms. The van der Waals surface area contributed by atoms with E-state index in [1.807, 2.05) is 0 Å². The second-order valence-electron chi connectivity index (χ2n) is 7.26. The van der Waals surface area contributed by atoms with Gasteiger partial charge in [-0.25, -0.2) is 0 Å².